The second-order valence-corrected chi connectivity index (χ2v) is 6.19. The van der Waals surface area contributed by atoms with Crippen LogP contribution in [-0.4, -0.2) is 54.7 Å². The van der Waals surface area contributed by atoms with Crippen LogP contribution in [-0.2, 0) is 21.9 Å². The number of aliphatic carboxylic acids is 1. The van der Waals surface area contributed by atoms with E-state index in [0.717, 1.165) is 0 Å². The summed E-state index contributed by atoms with van der Waals surface area (Å²) in [5.41, 5.74) is 0.308. The largest absolute Gasteiger partial charge is 0.479 e. The zero-order chi connectivity index (χ0) is 16.0. The van der Waals surface area contributed by atoms with Gasteiger partial charge in [-0.25, -0.2) is 22.7 Å². The van der Waals surface area contributed by atoms with Crippen LogP contribution < -0.4 is 15.4 Å². The van der Waals surface area contributed by atoms with Crippen LogP contribution in [0.2, 0.25) is 0 Å². The van der Waals surface area contributed by atoms with Crippen LogP contribution in [0.25, 0.3) is 0 Å². The maximum absolute atomic E-state index is 11.6. The Kier molecular flexibility index (Phi) is 5.67. The number of carboxylic acid groups (broad SMARTS) is 1. The summed E-state index contributed by atoms with van der Waals surface area (Å²) < 4.78 is 25.8. The lowest BCUT2D eigenvalue weighted by Gasteiger charge is -2.13. The monoisotopic (exact) mass is 319 g/mol. The number of urea groups is 1. The van der Waals surface area contributed by atoms with Crippen molar-refractivity contribution in [3.05, 3.63) is 18.0 Å². The van der Waals surface area contributed by atoms with E-state index in [1.54, 1.807) is 7.05 Å². The van der Waals surface area contributed by atoms with Gasteiger partial charge in [-0.2, -0.15) is 5.10 Å². The van der Waals surface area contributed by atoms with Crippen molar-refractivity contribution in [3.63, 3.8) is 0 Å². The third-order valence-electron chi connectivity index (χ3n) is 2.55. The smallest absolute Gasteiger partial charge is 0.331 e. The topological polar surface area (TPSA) is 142 Å². The Morgan fingerprint density at radius 1 is 1.48 bits per heavy atom. The van der Waals surface area contributed by atoms with Crippen molar-refractivity contribution >= 4 is 22.0 Å². The summed E-state index contributed by atoms with van der Waals surface area (Å²) >= 11 is 0. The molecule has 118 valence electrons. The minimum Gasteiger partial charge on any atom is -0.479 e. The van der Waals surface area contributed by atoms with E-state index in [0.29, 0.717) is 5.56 Å². The number of sulfonamides is 1. The van der Waals surface area contributed by atoms with Crippen molar-refractivity contribution in [2.45, 2.75) is 6.04 Å². The van der Waals surface area contributed by atoms with Crippen molar-refractivity contribution in [1.29, 1.82) is 0 Å². The van der Waals surface area contributed by atoms with Gasteiger partial charge in [-0.1, -0.05) is 0 Å². The number of hydrogen-bond donors (Lipinski definition) is 4. The first-order valence-corrected chi connectivity index (χ1v) is 7.57. The molecule has 1 unspecified atom stereocenters. The minimum absolute atomic E-state index is 0.144. The molecule has 0 aliphatic heterocycles. The molecule has 2 amide bonds. The number of aryl methyl sites for hydroxylation is 1. The van der Waals surface area contributed by atoms with Crippen molar-refractivity contribution in [1.82, 2.24) is 25.1 Å². The number of rotatable bonds is 7. The molecule has 0 saturated carbocycles. The molecule has 1 aromatic rings. The van der Waals surface area contributed by atoms with Gasteiger partial charge < -0.3 is 15.7 Å². The number of aromatic nitrogens is 2. The Morgan fingerprint density at radius 2 is 2.14 bits per heavy atom. The van der Waals surface area contributed by atoms with E-state index in [-0.39, 0.29) is 12.3 Å². The van der Waals surface area contributed by atoms with Gasteiger partial charge in [-0.3, -0.25) is 4.68 Å². The van der Waals surface area contributed by atoms with E-state index >= 15 is 0 Å². The summed E-state index contributed by atoms with van der Waals surface area (Å²) in [6.45, 7) is -0.144. The molecule has 0 aliphatic carbocycles. The van der Waals surface area contributed by atoms with Crippen LogP contribution in [0.3, 0.4) is 0 Å². The predicted octanol–water partition coefficient (Wildman–Crippen LogP) is -1.61. The van der Waals surface area contributed by atoms with Gasteiger partial charge in [0.15, 0.2) is 6.04 Å². The molecule has 4 N–H and O–H groups in total. The number of carbonyl (C=O) groups is 2. The quantitative estimate of drug-likeness (QED) is 0.476. The van der Waals surface area contributed by atoms with E-state index < -0.39 is 28.1 Å². The van der Waals surface area contributed by atoms with Crippen LogP contribution >= 0.6 is 0 Å². The molecule has 0 bridgehead atoms. The maximum atomic E-state index is 11.6. The van der Waals surface area contributed by atoms with Crippen LogP contribution in [0, 0.1) is 0 Å². The fourth-order valence-corrected chi connectivity index (χ4v) is 2.03. The fraction of sp³-hybridized carbons (Fsp3) is 0.500. The molecule has 0 aliphatic rings. The van der Waals surface area contributed by atoms with Gasteiger partial charge >= 0.3 is 12.0 Å². The molecule has 10 nitrogen and oxygen atoms in total. The summed E-state index contributed by atoms with van der Waals surface area (Å²) in [5, 5.41) is 17.4. The molecule has 1 atom stereocenters. The zero-order valence-electron chi connectivity index (χ0n) is 11.5. The van der Waals surface area contributed by atoms with Crippen LogP contribution in [0.5, 0.6) is 0 Å². The van der Waals surface area contributed by atoms with Gasteiger partial charge in [0.2, 0.25) is 10.0 Å². The first-order valence-electron chi connectivity index (χ1n) is 5.92. The van der Waals surface area contributed by atoms with Crippen molar-refractivity contribution < 1.29 is 23.1 Å². The van der Waals surface area contributed by atoms with Gasteiger partial charge in [-0.05, 0) is 7.05 Å². The normalized spacial score (nSPS) is 12.7. The maximum Gasteiger partial charge on any atom is 0.331 e. The highest BCUT2D eigenvalue weighted by molar-refractivity contribution is 7.89. The Bertz CT molecular complexity index is 611. The van der Waals surface area contributed by atoms with Crippen molar-refractivity contribution in [2.24, 2.45) is 7.05 Å². The minimum atomic E-state index is -3.43. The molecule has 0 saturated heterocycles. The molecule has 1 rings (SSSR count). The predicted molar refractivity (Wildman–Crippen MR) is 73.0 cm³/mol. The van der Waals surface area contributed by atoms with E-state index in [9.17, 15) is 18.0 Å². The van der Waals surface area contributed by atoms with E-state index in [2.05, 4.69) is 20.5 Å². The lowest BCUT2D eigenvalue weighted by molar-refractivity contribution is -0.139. The number of amides is 2. The third-order valence-corrected chi connectivity index (χ3v) is 3.91. The molecule has 1 heterocycles. The lowest BCUT2D eigenvalue weighted by atomic mass is 10.1. The summed E-state index contributed by atoms with van der Waals surface area (Å²) in [4.78, 5) is 22.7. The Balaban J connectivity index is 2.56. The molecular weight excluding hydrogens is 302 g/mol. The molecule has 11 heteroatoms. The van der Waals surface area contributed by atoms with E-state index in [1.165, 1.54) is 24.1 Å². The van der Waals surface area contributed by atoms with Gasteiger partial charge in [-0.15, -0.1) is 0 Å². The second kappa shape index (κ2) is 7.04. The second-order valence-electron chi connectivity index (χ2n) is 4.14. The van der Waals surface area contributed by atoms with E-state index in [4.69, 9.17) is 5.11 Å². The van der Waals surface area contributed by atoms with Crippen LogP contribution in [0.1, 0.15) is 11.6 Å². The number of hydrogen-bond acceptors (Lipinski definition) is 5. The SMILES string of the molecule is CNS(=O)(=O)CCNC(=O)NC(C(=O)O)c1cnn(C)c1. The number of carboxylic acids is 1. The molecule has 0 radical (unpaired) electrons. The molecule has 21 heavy (non-hydrogen) atoms. The third kappa shape index (κ3) is 5.39. The summed E-state index contributed by atoms with van der Waals surface area (Å²) in [5.74, 6) is -1.55. The molecule has 0 spiro atoms. The summed E-state index contributed by atoms with van der Waals surface area (Å²) in [7, 11) is -0.553. The van der Waals surface area contributed by atoms with Crippen molar-refractivity contribution in [3.8, 4) is 0 Å². The van der Waals surface area contributed by atoms with Crippen LogP contribution in [0.4, 0.5) is 4.79 Å². The van der Waals surface area contributed by atoms with Crippen molar-refractivity contribution in [2.75, 3.05) is 19.3 Å². The average Bonchev–Trinajstić information content (AvgIpc) is 2.81. The Hall–Kier alpha value is -2.14. The summed E-state index contributed by atoms with van der Waals surface area (Å²) in [6.07, 6.45) is 2.79. The fourth-order valence-electron chi connectivity index (χ4n) is 1.46. The van der Waals surface area contributed by atoms with Gasteiger partial charge in [0.25, 0.3) is 0 Å². The van der Waals surface area contributed by atoms with Gasteiger partial charge in [0.05, 0.1) is 11.9 Å². The highest BCUT2D eigenvalue weighted by Crippen LogP contribution is 2.11. The Morgan fingerprint density at radius 3 is 2.62 bits per heavy atom. The highest BCUT2D eigenvalue weighted by atomic mass is 32.2. The molecule has 1 aromatic heterocycles. The standard InChI is InChI=1S/C10H17N5O5S/c1-11-21(19,20)4-3-12-10(18)14-8(9(16)17)7-5-13-15(2)6-7/h5-6,8,11H,3-4H2,1-2H3,(H,16,17)(H2,12,14,18). The van der Waals surface area contributed by atoms with Gasteiger partial charge in [0, 0.05) is 25.4 Å². The molecule has 0 aromatic carbocycles. The number of nitrogens with one attached hydrogen (secondary N) is 3. The first-order chi connectivity index (χ1) is 9.75. The molecule has 0 fully saturated rings. The summed E-state index contributed by atoms with van der Waals surface area (Å²) in [6, 6.07) is -2.04. The van der Waals surface area contributed by atoms with Gasteiger partial charge in [0.1, 0.15) is 0 Å². The number of carbonyl (C=O) groups excluding carboxylic acids is 1. The lowest BCUT2D eigenvalue weighted by Crippen LogP contribution is -2.43. The molecular formula is C10H17N5O5S. The Labute approximate surface area is 121 Å². The van der Waals surface area contributed by atoms with E-state index in [1.807, 2.05) is 0 Å². The number of nitrogens with zero attached hydrogens (tertiary/aromatic N) is 2. The average molecular weight is 319 g/mol. The zero-order valence-corrected chi connectivity index (χ0v) is 12.3. The first kappa shape index (κ1) is 16.9. The highest BCUT2D eigenvalue weighted by Gasteiger charge is 2.23. The van der Waals surface area contributed by atoms with Crippen LogP contribution in [0.15, 0.2) is 12.4 Å².